The van der Waals surface area contributed by atoms with Crippen LogP contribution in [0, 0.1) is 5.92 Å². The van der Waals surface area contributed by atoms with Crippen molar-refractivity contribution in [2.45, 2.75) is 37.6 Å². The zero-order valence-corrected chi connectivity index (χ0v) is 7.76. The van der Waals surface area contributed by atoms with E-state index in [1.165, 1.54) is 0 Å². The first-order chi connectivity index (χ1) is 5.49. The molecule has 12 heavy (non-hydrogen) atoms. The van der Waals surface area contributed by atoms with Crippen LogP contribution in [0.4, 0.5) is 0 Å². The smallest absolute Gasteiger partial charge is 0.313 e. The average molecular weight is 191 g/mol. The van der Waals surface area contributed by atoms with E-state index in [4.69, 9.17) is 9.79 Å². The molecule has 2 rings (SSSR count). The fourth-order valence-electron chi connectivity index (χ4n) is 2.66. The zero-order chi connectivity index (χ0) is 8.82. The Morgan fingerprint density at radius 2 is 1.92 bits per heavy atom. The van der Waals surface area contributed by atoms with Crippen LogP contribution in [0.15, 0.2) is 0 Å². The summed E-state index contributed by atoms with van der Waals surface area (Å²) in [6.07, 6.45) is 5.09. The van der Waals surface area contributed by atoms with Crippen LogP contribution in [0.25, 0.3) is 0 Å². The van der Waals surface area contributed by atoms with Crippen molar-refractivity contribution >= 4 is 7.75 Å². The Balaban J connectivity index is 2.08. The molecule has 0 aliphatic heterocycles. The van der Waals surface area contributed by atoms with E-state index in [0.29, 0.717) is 5.92 Å². The van der Waals surface area contributed by atoms with Crippen LogP contribution in [-0.2, 0) is 4.57 Å². The molecule has 0 unspecified atom stereocenters. The predicted molar refractivity (Wildman–Crippen MR) is 44.5 cm³/mol. The minimum absolute atomic E-state index is 0.219. The normalized spacial score (nSPS) is 40.7. The van der Waals surface area contributed by atoms with E-state index in [2.05, 4.69) is 5.09 Å². The number of rotatable bonds is 2. The van der Waals surface area contributed by atoms with Gasteiger partial charge in [-0.1, -0.05) is 0 Å². The lowest BCUT2D eigenvalue weighted by molar-refractivity contribution is 0.302. The van der Waals surface area contributed by atoms with E-state index in [1.807, 2.05) is 0 Å². The third-order valence-corrected chi connectivity index (χ3v) is 3.89. The Bertz CT molecular complexity index is 229. The quantitative estimate of drug-likeness (QED) is 0.569. The maximum absolute atomic E-state index is 10.8. The van der Waals surface area contributed by atoms with E-state index >= 15 is 0 Å². The Labute approximate surface area is 71.6 Å². The molecule has 0 saturated heterocycles. The van der Waals surface area contributed by atoms with E-state index in [0.717, 1.165) is 32.1 Å². The highest BCUT2D eigenvalue weighted by molar-refractivity contribution is 7.49. The summed E-state index contributed by atoms with van der Waals surface area (Å²) in [4.78, 5) is 17.6. The summed E-state index contributed by atoms with van der Waals surface area (Å²) < 4.78 is 10.8. The molecule has 0 radical (unpaired) electrons. The molecule has 2 fully saturated rings. The van der Waals surface area contributed by atoms with Crippen LogP contribution in [0.5, 0.6) is 0 Å². The van der Waals surface area contributed by atoms with Gasteiger partial charge in [0.2, 0.25) is 0 Å². The largest absolute Gasteiger partial charge is 0.400 e. The zero-order valence-electron chi connectivity index (χ0n) is 6.86. The summed E-state index contributed by atoms with van der Waals surface area (Å²) in [5, 5.41) is 2.49. The molecule has 5 heteroatoms. The minimum atomic E-state index is -4.02. The summed E-state index contributed by atoms with van der Waals surface area (Å²) in [7, 11) is -4.02. The Kier molecular flexibility index (Phi) is 1.85. The third kappa shape index (κ3) is 1.57. The molecule has 0 aromatic heterocycles. The van der Waals surface area contributed by atoms with E-state index in [9.17, 15) is 4.57 Å². The molecule has 70 valence electrons. The van der Waals surface area contributed by atoms with Gasteiger partial charge in [0, 0.05) is 5.54 Å². The standard InChI is InChI=1S/C7H14NO3P/c9-12(10,11)8-7-3-1-6(5-7)2-4-7/h6H,1-5H2,(H3,8,9,10,11). The molecule has 2 bridgehead atoms. The van der Waals surface area contributed by atoms with Crippen molar-refractivity contribution in [3.05, 3.63) is 0 Å². The first-order valence-electron chi connectivity index (χ1n) is 4.34. The summed E-state index contributed by atoms with van der Waals surface area (Å²) >= 11 is 0. The van der Waals surface area contributed by atoms with E-state index in [1.54, 1.807) is 0 Å². The molecule has 0 heterocycles. The second-order valence-electron chi connectivity index (χ2n) is 4.08. The molecule has 4 nitrogen and oxygen atoms in total. The molecule has 3 N–H and O–H groups in total. The molecule has 0 aromatic carbocycles. The van der Waals surface area contributed by atoms with Crippen molar-refractivity contribution in [1.82, 2.24) is 5.09 Å². The van der Waals surface area contributed by atoms with Gasteiger partial charge in [-0.3, -0.25) is 0 Å². The van der Waals surface area contributed by atoms with Crippen molar-refractivity contribution < 1.29 is 14.4 Å². The van der Waals surface area contributed by atoms with E-state index in [-0.39, 0.29) is 5.54 Å². The van der Waals surface area contributed by atoms with Gasteiger partial charge in [-0.05, 0) is 38.0 Å². The maximum atomic E-state index is 10.8. The van der Waals surface area contributed by atoms with Gasteiger partial charge in [-0.25, -0.2) is 9.65 Å². The molecule has 2 aliphatic carbocycles. The lowest BCUT2D eigenvalue weighted by Crippen LogP contribution is -2.38. The highest BCUT2D eigenvalue weighted by atomic mass is 31.2. The SMILES string of the molecule is O=P(O)(O)NC12CCC(CC1)C2. The molecular formula is C7H14NO3P. The van der Waals surface area contributed by atoms with Crippen LogP contribution in [-0.4, -0.2) is 15.3 Å². The molecule has 0 spiro atoms. The van der Waals surface area contributed by atoms with Crippen LogP contribution in [0.3, 0.4) is 0 Å². The van der Waals surface area contributed by atoms with Crippen LogP contribution < -0.4 is 5.09 Å². The lowest BCUT2D eigenvalue weighted by atomic mass is 9.95. The van der Waals surface area contributed by atoms with Crippen molar-refractivity contribution in [3.63, 3.8) is 0 Å². The topological polar surface area (TPSA) is 69.6 Å². The van der Waals surface area contributed by atoms with Crippen molar-refractivity contribution in [3.8, 4) is 0 Å². The van der Waals surface area contributed by atoms with Crippen LogP contribution in [0.1, 0.15) is 32.1 Å². The summed E-state index contributed by atoms with van der Waals surface area (Å²) in [6.45, 7) is 0. The highest BCUT2D eigenvalue weighted by Crippen LogP contribution is 2.51. The van der Waals surface area contributed by atoms with Crippen LogP contribution >= 0.6 is 7.75 Å². The van der Waals surface area contributed by atoms with Gasteiger partial charge in [-0.15, -0.1) is 0 Å². The van der Waals surface area contributed by atoms with Gasteiger partial charge < -0.3 is 9.79 Å². The second-order valence-corrected chi connectivity index (χ2v) is 5.40. The fraction of sp³-hybridized carbons (Fsp3) is 1.00. The monoisotopic (exact) mass is 191 g/mol. The number of nitrogens with one attached hydrogen (secondary N) is 1. The van der Waals surface area contributed by atoms with Crippen molar-refractivity contribution in [2.24, 2.45) is 5.92 Å². The van der Waals surface area contributed by atoms with Gasteiger partial charge in [-0.2, -0.15) is 0 Å². The van der Waals surface area contributed by atoms with Gasteiger partial charge >= 0.3 is 7.75 Å². The lowest BCUT2D eigenvalue weighted by Gasteiger charge is -2.27. The van der Waals surface area contributed by atoms with Gasteiger partial charge in [0.1, 0.15) is 0 Å². The third-order valence-electron chi connectivity index (χ3n) is 3.12. The first kappa shape index (κ1) is 8.70. The number of hydrogen-bond acceptors (Lipinski definition) is 1. The van der Waals surface area contributed by atoms with Crippen molar-refractivity contribution in [2.75, 3.05) is 0 Å². The predicted octanol–water partition coefficient (Wildman–Crippen LogP) is 1.00. The Morgan fingerprint density at radius 1 is 1.33 bits per heavy atom. The fourth-order valence-corrected chi connectivity index (χ4v) is 3.59. The number of fused-ring (bicyclic) bond motifs is 2. The molecule has 0 amide bonds. The Morgan fingerprint density at radius 3 is 2.25 bits per heavy atom. The molecule has 0 aromatic rings. The van der Waals surface area contributed by atoms with Crippen LogP contribution in [0.2, 0.25) is 0 Å². The first-order valence-corrected chi connectivity index (χ1v) is 5.95. The second kappa shape index (κ2) is 2.55. The number of hydrogen-bond donors (Lipinski definition) is 3. The van der Waals surface area contributed by atoms with Gasteiger partial charge in [0.05, 0.1) is 0 Å². The van der Waals surface area contributed by atoms with E-state index < -0.39 is 7.75 Å². The average Bonchev–Trinajstić information content (AvgIpc) is 2.40. The summed E-state index contributed by atoms with van der Waals surface area (Å²) in [5.41, 5.74) is -0.219. The molecular weight excluding hydrogens is 177 g/mol. The molecule has 0 atom stereocenters. The van der Waals surface area contributed by atoms with Gasteiger partial charge in [0.25, 0.3) is 0 Å². The molecule has 2 saturated carbocycles. The summed E-state index contributed by atoms with van der Waals surface area (Å²) in [5.74, 6) is 0.712. The maximum Gasteiger partial charge on any atom is 0.400 e. The van der Waals surface area contributed by atoms with Gasteiger partial charge in [0.15, 0.2) is 0 Å². The highest BCUT2D eigenvalue weighted by Gasteiger charge is 2.47. The minimum Gasteiger partial charge on any atom is -0.313 e. The Hall–Kier alpha value is 0.110. The summed E-state index contributed by atoms with van der Waals surface area (Å²) in [6, 6.07) is 0. The molecule has 2 aliphatic rings. The van der Waals surface area contributed by atoms with Crippen molar-refractivity contribution in [1.29, 1.82) is 0 Å².